The third-order valence-corrected chi connectivity index (χ3v) is 5.31. The summed E-state index contributed by atoms with van der Waals surface area (Å²) in [5, 5.41) is 7.05. The van der Waals surface area contributed by atoms with Crippen LogP contribution in [0.1, 0.15) is 34.3 Å². The zero-order valence-electron chi connectivity index (χ0n) is 17.9. The van der Waals surface area contributed by atoms with Crippen molar-refractivity contribution in [1.29, 1.82) is 0 Å². The Morgan fingerprint density at radius 2 is 1.97 bits per heavy atom. The van der Waals surface area contributed by atoms with Gasteiger partial charge in [-0.05, 0) is 48.2 Å². The second-order valence-corrected chi connectivity index (χ2v) is 7.87. The van der Waals surface area contributed by atoms with E-state index in [2.05, 4.69) is 15.6 Å². The molecule has 8 heteroatoms. The summed E-state index contributed by atoms with van der Waals surface area (Å²) in [6, 6.07) is 15.4. The van der Waals surface area contributed by atoms with E-state index in [0.717, 1.165) is 41.6 Å². The van der Waals surface area contributed by atoms with Gasteiger partial charge in [0.2, 0.25) is 0 Å². The average molecular weight is 557 g/mol. The Labute approximate surface area is 206 Å². The lowest BCUT2D eigenvalue weighted by atomic mass is 10.1. The maximum Gasteiger partial charge on any atom is 0.251 e. The van der Waals surface area contributed by atoms with Gasteiger partial charge in [0.1, 0.15) is 0 Å². The minimum absolute atomic E-state index is 0. The molecule has 0 saturated carbocycles. The number of nitrogens with one attached hydrogen (secondary N) is 2. The number of rotatable bonds is 7. The van der Waals surface area contributed by atoms with E-state index in [1.807, 2.05) is 60.5 Å². The number of hydrogen-bond donors (Lipinski definition) is 2. The number of benzene rings is 2. The Morgan fingerprint density at radius 1 is 1.19 bits per heavy atom. The number of hydrogen-bond acceptors (Lipinski definition) is 3. The van der Waals surface area contributed by atoms with Crippen molar-refractivity contribution in [1.82, 2.24) is 15.5 Å². The Morgan fingerprint density at radius 3 is 2.65 bits per heavy atom. The lowest BCUT2D eigenvalue weighted by Gasteiger charge is -2.22. The molecule has 1 unspecified atom stereocenters. The molecule has 0 aliphatic carbocycles. The zero-order valence-corrected chi connectivity index (χ0v) is 21.0. The van der Waals surface area contributed by atoms with Gasteiger partial charge in [0, 0.05) is 50.9 Å². The van der Waals surface area contributed by atoms with Crippen molar-refractivity contribution in [3.05, 3.63) is 70.2 Å². The van der Waals surface area contributed by atoms with Gasteiger partial charge in [-0.2, -0.15) is 0 Å². The van der Waals surface area contributed by atoms with Crippen molar-refractivity contribution < 1.29 is 9.53 Å². The monoisotopic (exact) mass is 556 g/mol. The first-order valence-corrected chi connectivity index (χ1v) is 10.6. The predicted octanol–water partition coefficient (Wildman–Crippen LogP) is 4.07. The molecular formula is C23H30ClIN4O2. The minimum Gasteiger partial charge on any atom is -0.376 e. The summed E-state index contributed by atoms with van der Waals surface area (Å²) in [7, 11) is 3.74. The van der Waals surface area contributed by atoms with Gasteiger partial charge in [-0.15, -0.1) is 24.0 Å². The van der Waals surface area contributed by atoms with Crippen molar-refractivity contribution >= 4 is 47.4 Å². The molecule has 1 aliphatic heterocycles. The largest absolute Gasteiger partial charge is 0.376 e. The Balaban J connectivity index is 0.00000341. The number of ether oxygens (including phenoxy) is 1. The molecule has 168 valence electrons. The van der Waals surface area contributed by atoms with Crippen LogP contribution in [-0.4, -0.2) is 50.1 Å². The molecule has 0 spiro atoms. The SMILES string of the molecule is CN=C(NCc1cccc(C(=O)NCC2CCCO2)c1)N(C)Cc1ccc(Cl)cc1.I. The fraction of sp³-hybridized carbons (Fsp3) is 0.391. The third-order valence-electron chi connectivity index (χ3n) is 5.06. The summed E-state index contributed by atoms with van der Waals surface area (Å²) in [6.07, 6.45) is 2.21. The highest BCUT2D eigenvalue weighted by molar-refractivity contribution is 14.0. The van der Waals surface area contributed by atoms with E-state index in [1.165, 1.54) is 0 Å². The summed E-state index contributed by atoms with van der Waals surface area (Å²) in [5.41, 5.74) is 2.81. The van der Waals surface area contributed by atoms with Crippen LogP contribution in [0.4, 0.5) is 0 Å². The Hall–Kier alpha value is -1.84. The molecule has 2 N–H and O–H groups in total. The van der Waals surface area contributed by atoms with Crippen molar-refractivity contribution in [2.24, 2.45) is 4.99 Å². The van der Waals surface area contributed by atoms with E-state index in [9.17, 15) is 4.79 Å². The van der Waals surface area contributed by atoms with E-state index >= 15 is 0 Å². The molecule has 2 aromatic carbocycles. The zero-order chi connectivity index (χ0) is 21.3. The van der Waals surface area contributed by atoms with Gasteiger partial charge >= 0.3 is 0 Å². The number of nitrogens with zero attached hydrogens (tertiary/aromatic N) is 2. The van der Waals surface area contributed by atoms with Crippen molar-refractivity contribution in [3.63, 3.8) is 0 Å². The first-order valence-electron chi connectivity index (χ1n) is 10.2. The van der Waals surface area contributed by atoms with E-state index in [-0.39, 0.29) is 36.0 Å². The topological polar surface area (TPSA) is 66.0 Å². The summed E-state index contributed by atoms with van der Waals surface area (Å²) in [4.78, 5) is 18.9. The highest BCUT2D eigenvalue weighted by Gasteiger charge is 2.16. The first kappa shape index (κ1) is 25.4. The smallest absolute Gasteiger partial charge is 0.251 e. The van der Waals surface area contributed by atoms with Crippen LogP contribution in [-0.2, 0) is 17.8 Å². The average Bonchev–Trinajstić information content (AvgIpc) is 3.28. The second kappa shape index (κ2) is 12.9. The molecule has 31 heavy (non-hydrogen) atoms. The van der Waals surface area contributed by atoms with Crippen LogP contribution in [0.2, 0.25) is 5.02 Å². The highest BCUT2D eigenvalue weighted by atomic mass is 127. The van der Waals surface area contributed by atoms with Gasteiger partial charge in [-0.3, -0.25) is 9.79 Å². The van der Waals surface area contributed by atoms with Crippen molar-refractivity contribution in [2.45, 2.75) is 32.0 Å². The molecule has 1 aliphatic rings. The number of amides is 1. The van der Waals surface area contributed by atoms with Gasteiger partial charge in [-0.25, -0.2) is 0 Å². The van der Waals surface area contributed by atoms with E-state index < -0.39 is 0 Å². The quantitative estimate of drug-likeness (QED) is 0.307. The summed E-state index contributed by atoms with van der Waals surface area (Å²) >= 11 is 5.96. The number of aliphatic imine (C=N–C) groups is 1. The highest BCUT2D eigenvalue weighted by Crippen LogP contribution is 2.12. The van der Waals surface area contributed by atoms with Crippen LogP contribution < -0.4 is 10.6 Å². The van der Waals surface area contributed by atoms with Crippen LogP contribution in [0.3, 0.4) is 0 Å². The fourth-order valence-electron chi connectivity index (χ4n) is 3.44. The van der Waals surface area contributed by atoms with Crippen molar-refractivity contribution in [3.8, 4) is 0 Å². The van der Waals surface area contributed by atoms with E-state index in [0.29, 0.717) is 25.2 Å². The Bertz CT molecular complexity index is 870. The second-order valence-electron chi connectivity index (χ2n) is 7.43. The standard InChI is InChI=1S/C23H29ClN4O2.HI/c1-25-23(28(2)16-17-8-10-20(24)11-9-17)27-14-18-5-3-6-19(13-18)22(29)26-15-21-7-4-12-30-21;/h3,5-6,8-11,13,21H,4,7,12,14-16H2,1-2H3,(H,25,27)(H,26,29);1H. The molecule has 1 saturated heterocycles. The third kappa shape index (κ3) is 7.97. The first-order chi connectivity index (χ1) is 14.5. The molecule has 1 heterocycles. The van der Waals surface area contributed by atoms with Crippen molar-refractivity contribution in [2.75, 3.05) is 27.2 Å². The van der Waals surface area contributed by atoms with Crippen LogP contribution in [0, 0.1) is 0 Å². The molecule has 2 aromatic rings. The Kier molecular flexibility index (Phi) is 10.6. The molecule has 6 nitrogen and oxygen atoms in total. The predicted molar refractivity (Wildman–Crippen MR) is 136 cm³/mol. The van der Waals surface area contributed by atoms with Crippen LogP contribution in [0.25, 0.3) is 0 Å². The number of carbonyl (C=O) groups excluding carboxylic acids is 1. The van der Waals surface area contributed by atoms with Gasteiger partial charge in [0.05, 0.1) is 6.10 Å². The maximum atomic E-state index is 12.5. The molecule has 0 radical (unpaired) electrons. The van der Waals surface area contributed by atoms with Gasteiger partial charge in [0.25, 0.3) is 5.91 Å². The normalized spacial score (nSPS) is 15.8. The van der Waals surface area contributed by atoms with Crippen LogP contribution in [0.5, 0.6) is 0 Å². The number of guanidine groups is 1. The summed E-state index contributed by atoms with van der Waals surface area (Å²) in [5.74, 6) is 0.703. The molecular weight excluding hydrogens is 527 g/mol. The van der Waals surface area contributed by atoms with Crippen LogP contribution >= 0.6 is 35.6 Å². The maximum absolute atomic E-state index is 12.5. The summed E-state index contributed by atoms with van der Waals surface area (Å²) in [6.45, 7) is 2.63. The lowest BCUT2D eigenvalue weighted by Crippen LogP contribution is -2.38. The molecule has 0 aromatic heterocycles. The molecule has 1 atom stereocenters. The number of halogens is 2. The van der Waals surface area contributed by atoms with E-state index in [1.54, 1.807) is 7.05 Å². The fourth-order valence-corrected chi connectivity index (χ4v) is 3.57. The molecule has 3 rings (SSSR count). The van der Waals surface area contributed by atoms with Gasteiger partial charge in [-0.1, -0.05) is 35.9 Å². The molecule has 1 fully saturated rings. The minimum atomic E-state index is -0.0726. The van der Waals surface area contributed by atoms with E-state index in [4.69, 9.17) is 16.3 Å². The van der Waals surface area contributed by atoms with Gasteiger partial charge < -0.3 is 20.3 Å². The number of carbonyl (C=O) groups is 1. The molecule has 0 bridgehead atoms. The summed E-state index contributed by atoms with van der Waals surface area (Å²) < 4.78 is 5.56. The lowest BCUT2D eigenvalue weighted by molar-refractivity contribution is 0.0857. The van der Waals surface area contributed by atoms with Crippen LogP contribution in [0.15, 0.2) is 53.5 Å². The van der Waals surface area contributed by atoms with Gasteiger partial charge in [0.15, 0.2) is 5.96 Å². The molecule has 1 amide bonds.